The van der Waals surface area contributed by atoms with Gasteiger partial charge in [-0.2, -0.15) is 0 Å². The molecule has 0 amide bonds. The Morgan fingerprint density at radius 1 is 1.28 bits per heavy atom. The molecule has 2 rings (SSSR count). The van der Waals surface area contributed by atoms with Gasteiger partial charge in [0, 0.05) is 18.5 Å². The lowest BCUT2D eigenvalue weighted by atomic mass is 9.64. The van der Waals surface area contributed by atoms with Crippen LogP contribution in [-0.2, 0) is 14.3 Å². The van der Waals surface area contributed by atoms with Gasteiger partial charge < -0.3 is 4.74 Å². The van der Waals surface area contributed by atoms with Gasteiger partial charge in [-0.25, -0.2) is 0 Å². The molecule has 2 bridgehead atoms. The van der Waals surface area contributed by atoms with Gasteiger partial charge in [-0.15, -0.1) is 0 Å². The van der Waals surface area contributed by atoms with Crippen LogP contribution in [0.25, 0.3) is 0 Å². The average Bonchev–Trinajstić information content (AvgIpc) is 2.36. The number of esters is 1. The van der Waals surface area contributed by atoms with Gasteiger partial charge in [-0.05, 0) is 17.9 Å². The normalized spacial score (nSPS) is 37.7. The van der Waals surface area contributed by atoms with Crippen LogP contribution in [0.3, 0.4) is 0 Å². The molecule has 102 valence electrons. The van der Waals surface area contributed by atoms with Crippen molar-refractivity contribution in [3.05, 3.63) is 0 Å². The summed E-state index contributed by atoms with van der Waals surface area (Å²) < 4.78 is 4.83. The standard InChI is InChI=1S/C14H23NO3/c1-13(2)9-7-8(16)10(12(17)18-6)11(15(9)5)14(13,3)4/h9-11H,7H2,1-6H3/t9-,10+,11+/m1/s1. The van der Waals surface area contributed by atoms with Crippen molar-refractivity contribution in [2.24, 2.45) is 16.7 Å². The highest BCUT2D eigenvalue weighted by molar-refractivity contribution is 6.01. The fraction of sp³-hybridized carbons (Fsp3) is 0.857. The highest BCUT2D eigenvalue weighted by atomic mass is 16.5. The van der Waals surface area contributed by atoms with Crippen LogP contribution in [0.5, 0.6) is 0 Å². The third kappa shape index (κ3) is 1.41. The molecular weight excluding hydrogens is 230 g/mol. The number of nitrogens with zero attached hydrogens (tertiary/aromatic N) is 1. The Morgan fingerprint density at radius 2 is 1.83 bits per heavy atom. The van der Waals surface area contributed by atoms with Crippen LogP contribution in [0.4, 0.5) is 0 Å². The second-order valence-corrected chi connectivity index (χ2v) is 6.74. The first-order valence-electron chi connectivity index (χ1n) is 6.48. The summed E-state index contributed by atoms with van der Waals surface area (Å²) in [6.07, 6.45) is 0.448. The van der Waals surface area contributed by atoms with E-state index < -0.39 is 5.92 Å². The Balaban J connectivity index is 2.51. The maximum Gasteiger partial charge on any atom is 0.317 e. The zero-order valence-electron chi connectivity index (χ0n) is 12.1. The number of rotatable bonds is 1. The molecule has 0 aliphatic carbocycles. The Labute approximate surface area is 109 Å². The van der Waals surface area contributed by atoms with Gasteiger partial charge in [0.25, 0.3) is 0 Å². The summed E-state index contributed by atoms with van der Waals surface area (Å²) in [4.78, 5) is 26.4. The fourth-order valence-corrected chi connectivity index (χ4v) is 3.95. The number of hydrogen-bond acceptors (Lipinski definition) is 4. The predicted molar refractivity (Wildman–Crippen MR) is 68.0 cm³/mol. The maximum absolute atomic E-state index is 12.2. The third-order valence-electron chi connectivity index (χ3n) is 5.68. The molecule has 2 aliphatic rings. The molecule has 0 saturated carbocycles. The molecule has 0 unspecified atom stereocenters. The summed E-state index contributed by atoms with van der Waals surface area (Å²) in [5, 5.41) is 0. The van der Waals surface area contributed by atoms with E-state index in [0.717, 1.165) is 0 Å². The molecule has 4 heteroatoms. The molecule has 0 aromatic heterocycles. The SMILES string of the molecule is COC(=O)[C@H]1C(=O)C[C@H]2N(C)[C@@H]1C(C)(C)C2(C)C. The summed E-state index contributed by atoms with van der Waals surface area (Å²) >= 11 is 0. The van der Waals surface area contributed by atoms with Crippen molar-refractivity contribution in [3.8, 4) is 0 Å². The van der Waals surface area contributed by atoms with Crippen molar-refractivity contribution in [1.29, 1.82) is 0 Å². The number of carbonyl (C=O) groups excluding carboxylic acids is 2. The lowest BCUT2D eigenvalue weighted by molar-refractivity contribution is -0.155. The van der Waals surface area contributed by atoms with E-state index in [0.29, 0.717) is 6.42 Å². The van der Waals surface area contributed by atoms with Crippen LogP contribution in [-0.4, -0.2) is 42.9 Å². The second-order valence-electron chi connectivity index (χ2n) is 6.74. The lowest BCUT2D eigenvalue weighted by Crippen LogP contribution is -2.53. The zero-order chi connectivity index (χ0) is 13.9. The zero-order valence-corrected chi connectivity index (χ0v) is 12.1. The smallest absolute Gasteiger partial charge is 0.317 e. The molecule has 0 radical (unpaired) electrons. The van der Waals surface area contributed by atoms with E-state index in [1.165, 1.54) is 7.11 Å². The van der Waals surface area contributed by atoms with Crippen molar-refractivity contribution in [2.75, 3.05) is 14.2 Å². The summed E-state index contributed by atoms with van der Waals surface area (Å²) in [5.74, 6) is -0.984. The van der Waals surface area contributed by atoms with Crippen LogP contribution in [0.2, 0.25) is 0 Å². The maximum atomic E-state index is 12.2. The molecule has 3 atom stereocenters. The van der Waals surface area contributed by atoms with Crippen molar-refractivity contribution in [2.45, 2.75) is 46.2 Å². The minimum absolute atomic E-state index is 0.00481. The first kappa shape index (κ1) is 13.5. The van der Waals surface area contributed by atoms with Crippen molar-refractivity contribution < 1.29 is 14.3 Å². The Hall–Kier alpha value is -0.900. The summed E-state index contributed by atoms with van der Waals surface area (Å²) in [6, 6.07) is 0.150. The van der Waals surface area contributed by atoms with E-state index in [2.05, 4.69) is 32.6 Å². The monoisotopic (exact) mass is 253 g/mol. The Morgan fingerprint density at radius 3 is 2.33 bits per heavy atom. The number of hydrogen-bond donors (Lipinski definition) is 0. The molecule has 0 spiro atoms. The van der Waals surface area contributed by atoms with Gasteiger partial charge in [-0.3, -0.25) is 14.5 Å². The molecule has 2 heterocycles. The largest absolute Gasteiger partial charge is 0.468 e. The Bertz CT molecular complexity index is 400. The molecule has 0 N–H and O–H groups in total. The highest BCUT2D eigenvalue weighted by Gasteiger charge is 2.65. The number of fused-ring (bicyclic) bond motifs is 2. The van der Waals surface area contributed by atoms with Gasteiger partial charge in [0.1, 0.15) is 11.7 Å². The summed E-state index contributed by atoms with van der Waals surface area (Å²) in [5.41, 5.74) is -0.0950. The van der Waals surface area contributed by atoms with Crippen LogP contribution in [0, 0.1) is 16.7 Å². The molecular formula is C14H23NO3. The number of carbonyl (C=O) groups is 2. The van der Waals surface area contributed by atoms with Crippen molar-refractivity contribution in [3.63, 3.8) is 0 Å². The van der Waals surface area contributed by atoms with Gasteiger partial charge >= 0.3 is 5.97 Å². The van der Waals surface area contributed by atoms with Crippen LogP contribution in [0.1, 0.15) is 34.1 Å². The first-order chi connectivity index (χ1) is 8.16. The van der Waals surface area contributed by atoms with Crippen molar-refractivity contribution in [1.82, 2.24) is 4.90 Å². The quantitative estimate of drug-likeness (QED) is 0.524. The number of Topliss-reactive ketones (excluding diaryl/α,β-unsaturated/α-hetero) is 1. The minimum Gasteiger partial charge on any atom is -0.468 e. The number of methoxy groups -OCH3 is 1. The van der Waals surface area contributed by atoms with E-state index in [1.807, 2.05) is 7.05 Å². The third-order valence-corrected chi connectivity index (χ3v) is 5.68. The molecule has 0 aromatic rings. The number of piperidine rings is 1. The van der Waals surface area contributed by atoms with Crippen LogP contribution < -0.4 is 0 Å². The van der Waals surface area contributed by atoms with E-state index in [1.54, 1.807) is 0 Å². The van der Waals surface area contributed by atoms with Gasteiger partial charge in [0.05, 0.1) is 7.11 Å². The summed E-state index contributed by atoms with van der Waals surface area (Å²) in [6.45, 7) is 8.70. The van der Waals surface area contributed by atoms with Crippen LogP contribution >= 0.6 is 0 Å². The van der Waals surface area contributed by atoms with E-state index in [9.17, 15) is 9.59 Å². The molecule has 2 fully saturated rings. The average molecular weight is 253 g/mol. The Kier molecular flexibility index (Phi) is 2.85. The fourth-order valence-electron chi connectivity index (χ4n) is 3.95. The molecule has 0 aromatic carbocycles. The number of ketones is 1. The van der Waals surface area contributed by atoms with Gasteiger partial charge in [0.15, 0.2) is 0 Å². The van der Waals surface area contributed by atoms with Crippen molar-refractivity contribution >= 4 is 11.8 Å². The summed E-state index contributed by atoms with van der Waals surface area (Å²) in [7, 11) is 3.38. The van der Waals surface area contributed by atoms with Gasteiger partial charge in [0.2, 0.25) is 0 Å². The predicted octanol–water partition coefficient (Wildman–Crippen LogP) is 1.48. The second kappa shape index (κ2) is 3.80. The number of ether oxygens (including phenoxy) is 1. The van der Waals surface area contributed by atoms with Crippen LogP contribution in [0.15, 0.2) is 0 Å². The minimum atomic E-state index is -0.631. The molecule has 18 heavy (non-hydrogen) atoms. The van der Waals surface area contributed by atoms with E-state index >= 15 is 0 Å². The molecule has 4 nitrogen and oxygen atoms in total. The van der Waals surface area contributed by atoms with E-state index in [-0.39, 0.29) is 34.7 Å². The van der Waals surface area contributed by atoms with E-state index in [4.69, 9.17) is 4.74 Å². The van der Waals surface area contributed by atoms with Gasteiger partial charge in [-0.1, -0.05) is 27.7 Å². The highest BCUT2D eigenvalue weighted by Crippen LogP contribution is 2.58. The lowest BCUT2D eigenvalue weighted by Gasteiger charge is -2.39. The molecule has 2 saturated heterocycles. The molecule has 2 aliphatic heterocycles. The topological polar surface area (TPSA) is 46.6 Å². The first-order valence-corrected chi connectivity index (χ1v) is 6.48.